The normalized spacial score (nSPS) is 12.8. The number of carbonyl (C=O) groups is 1. The molecule has 0 fully saturated rings. The molecule has 3 N–H and O–H groups in total. The molecule has 5 heteroatoms. The molecule has 0 saturated heterocycles. The van der Waals surface area contributed by atoms with Crippen LogP contribution in [0.25, 0.3) is 0 Å². The van der Waals surface area contributed by atoms with Gasteiger partial charge in [0.15, 0.2) is 0 Å². The van der Waals surface area contributed by atoms with Crippen molar-refractivity contribution in [2.75, 3.05) is 6.54 Å². The van der Waals surface area contributed by atoms with Crippen LogP contribution in [0.15, 0.2) is 6.20 Å². The molecule has 0 aliphatic heterocycles. The van der Waals surface area contributed by atoms with E-state index in [4.69, 9.17) is 5.73 Å². The number of nitrogens with one attached hydrogen (secondary N) is 1. The maximum Gasteiger partial charge on any atom is 0.254 e. The maximum absolute atomic E-state index is 12.0. The lowest BCUT2D eigenvalue weighted by Crippen LogP contribution is -2.38. The van der Waals surface area contributed by atoms with Gasteiger partial charge >= 0.3 is 0 Å². The Hall–Kier alpha value is -1.36. The van der Waals surface area contributed by atoms with Gasteiger partial charge in [-0.25, -0.2) is 0 Å². The molecule has 0 aliphatic carbocycles. The molecule has 0 spiro atoms. The molecule has 1 aromatic heterocycles. The Morgan fingerprint density at radius 2 is 2.22 bits per heavy atom. The van der Waals surface area contributed by atoms with Gasteiger partial charge in [-0.05, 0) is 18.8 Å². The molecule has 1 amide bonds. The van der Waals surface area contributed by atoms with Crippen LogP contribution in [0.5, 0.6) is 0 Å². The number of amides is 1. The lowest BCUT2D eigenvalue weighted by molar-refractivity contribution is 0.0949. The average molecular weight is 252 g/mol. The molecule has 1 rings (SSSR count). The number of hydrogen-bond donors (Lipinski definition) is 2. The standard InChI is InChI=1S/C13H24N4O/c1-5-12-11(8-17(4)16-12)13(18)15-7-10(14)6-9(2)3/h8-10H,5-7,14H2,1-4H3,(H,15,18). The molecule has 0 aromatic carbocycles. The molecular weight excluding hydrogens is 228 g/mol. The van der Waals surface area contributed by atoms with Gasteiger partial charge in [-0.3, -0.25) is 9.48 Å². The van der Waals surface area contributed by atoms with Crippen LogP contribution < -0.4 is 11.1 Å². The topological polar surface area (TPSA) is 72.9 Å². The van der Waals surface area contributed by atoms with Crippen molar-refractivity contribution in [3.63, 3.8) is 0 Å². The summed E-state index contributed by atoms with van der Waals surface area (Å²) in [5.41, 5.74) is 7.42. The molecule has 0 bridgehead atoms. The van der Waals surface area contributed by atoms with Crippen molar-refractivity contribution in [3.05, 3.63) is 17.5 Å². The van der Waals surface area contributed by atoms with Crippen molar-refractivity contribution in [2.24, 2.45) is 18.7 Å². The smallest absolute Gasteiger partial charge is 0.254 e. The van der Waals surface area contributed by atoms with E-state index in [0.29, 0.717) is 18.0 Å². The van der Waals surface area contributed by atoms with Crippen molar-refractivity contribution < 1.29 is 4.79 Å². The minimum Gasteiger partial charge on any atom is -0.350 e. The molecule has 102 valence electrons. The van der Waals surface area contributed by atoms with E-state index in [0.717, 1.165) is 18.5 Å². The van der Waals surface area contributed by atoms with E-state index in [1.807, 2.05) is 14.0 Å². The van der Waals surface area contributed by atoms with Gasteiger partial charge in [-0.1, -0.05) is 20.8 Å². The molecule has 1 unspecified atom stereocenters. The molecule has 18 heavy (non-hydrogen) atoms. The fraction of sp³-hybridized carbons (Fsp3) is 0.692. The number of aromatic nitrogens is 2. The summed E-state index contributed by atoms with van der Waals surface area (Å²) in [5.74, 6) is 0.459. The third-order valence-corrected chi connectivity index (χ3v) is 2.78. The van der Waals surface area contributed by atoms with Gasteiger partial charge < -0.3 is 11.1 Å². The summed E-state index contributed by atoms with van der Waals surface area (Å²) in [6.45, 7) is 6.74. The van der Waals surface area contributed by atoms with Crippen LogP contribution >= 0.6 is 0 Å². The second-order valence-corrected chi connectivity index (χ2v) is 5.12. The number of aryl methyl sites for hydroxylation is 2. The van der Waals surface area contributed by atoms with Crippen LogP contribution in [0.4, 0.5) is 0 Å². The fourth-order valence-corrected chi connectivity index (χ4v) is 1.99. The zero-order valence-electron chi connectivity index (χ0n) is 11.7. The summed E-state index contributed by atoms with van der Waals surface area (Å²) < 4.78 is 1.67. The second kappa shape index (κ2) is 6.54. The van der Waals surface area contributed by atoms with Crippen molar-refractivity contribution in [1.29, 1.82) is 0 Å². The lowest BCUT2D eigenvalue weighted by atomic mass is 10.0. The monoisotopic (exact) mass is 252 g/mol. The number of hydrogen-bond acceptors (Lipinski definition) is 3. The summed E-state index contributed by atoms with van der Waals surface area (Å²) >= 11 is 0. The molecule has 1 aromatic rings. The summed E-state index contributed by atoms with van der Waals surface area (Å²) in [5, 5.41) is 7.13. The lowest BCUT2D eigenvalue weighted by Gasteiger charge is -2.14. The Balaban J connectivity index is 2.54. The van der Waals surface area contributed by atoms with Crippen LogP contribution in [-0.2, 0) is 13.5 Å². The van der Waals surface area contributed by atoms with Crippen molar-refractivity contribution in [2.45, 2.75) is 39.7 Å². The van der Waals surface area contributed by atoms with Gasteiger partial charge in [0, 0.05) is 25.8 Å². The number of carbonyl (C=O) groups excluding carboxylic acids is 1. The Bertz CT molecular complexity index is 398. The quantitative estimate of drug-likeness (QED) is 0.796. The maximum atomic E-state index is 12.0. The Morgan fingerprint density at radius 1 is 1.56 bits per heavy atom. The number of rotatable bonds is 6. The summed E-state index contributed by atoms with van der Waals surface area (Å²) in [6.07, 6.45) is 3.41. The van der Waals surface area contributed by atoms with Crippen LogP contribution in [-0.4, -0.2) is 28.3 Å². The van der Waals surface area contributed by atoms with E-state index in [1.54, 1.807) is 10.9 Å². The molecule has 0 aliphatic rings. The molecule has 1 atom stereocenters. The highest BCUT2D eigenvalue weighted by Crippen LogP contribution is 2.07. The molecule has 0 saturated carbocycles. The van der Waals surface area contributed by atoms with Gasteiger partial charge in [0.05, 0.1) is 11.3 Å². The largest absolute Gasteiger partial charge is 0.350 e. The van der Waals surface area contributed by atoms with Crippen molar-refractivity contribution in [3.8, 4) is 0 Å². The van der Waals surface area contributed by atoms with E-state index in [-0.39, 0.29) is 11.9 Å². The summed E-state index contributed by atoms with van der Waals surface area (Å²) in [4.78, 5) is 12.0. The molecular formula is C13H24N4O. The predicted molar refractivity (Wildman–Crippen MR) is 72.3 cm³/mol. The summed E-state index contributed by atoms with van der Waals surface area (Å²) in [6, 6.07) is 0.00991. The number of nitrogens with zero attached hydrogens (tertiary/aromatic N) is 2. The average Bonchev–Trinajstić information content (AvgIpc) is 2.66. The van der Waals surface area contributed by atoms with Gasteiger partial charge in [0.1, 0.15) is 0 Å². The first kappa shape index (κ1) is 14.7. The van der Waals surface area contributed by atoms with E-state index in [9.17, 15) is 4.79 Å². The van der Waals surface area contributed by atoms with E-state index in [1.165, 1.54) is 0 Å². The fourth-order valence-electron chi connectivity index (χ4n) is 1.99. The van der Waals surface area contributed by atoms with E-state index < -0.39 is 0 Å². The second-order valence-electron chi connectivity index (χ2n) is 5.12. The SMILES string of the molecule is CCc1nn(C)cc1C(=O)NCC(N)CC(C)C. The predicted octanol–water partition coefficient (Wildman–Crippen LogP) is 1.09. The molecule has 1 heterocycles. The number of nitrogens with two attached hydrogens (primary N) is 1. The highest BCUT2D eigenvalue weighted by molar-refractivity contribution is 5.95. The Morgan fingerprint density at radius 3 is 2.78 bits per heavy atom. The summed E-state index contributed by atoms with van der Waals surface area (Å²) in [7, 11) is 1.82. The van der Waals surface area contributed by atoms with Crippen LogP contribution in [0, 0.1) is 5.92 Å². The Kier molecular flexibility index (Phi) is 5.34. The first-order valence-electron chi connectivity index (χ1n) is 6.50. The van der Waals surface area contributed by atoms with Gasteiger partial charge in [-0.2, -0.15) is 5.10 Å². The highest BCUT2D eigenvalue weighted by atomic mass is 16.1. The third kappa shape index (κ3) is 4.14. The van der Waals surface area contributed by atoms with E-state index in [2.05, 4.69) is 24.3 Å². The first-order chi connectivity index (χ1) is 8.43. The van der Waals surface area contributed by atoms with Crippen molar-refractivity contribution in [1.82, 2.24) is 15.1 Å². The Labute approximate surface area is 109 Å². The van der Waals surface area contributed by atoms with E-state index >= 15 is 0 Å². The third-order valence-electron chi connectivity index (χ3n) is 2.78. The van der Waals surface area contributed by atoms with Crippen molar-refractivity contribution >= 4 is 5.91 Å². The molecule has 0 radical (unpaired) electrons. The first-order valence-corrected chi connectivity index (χ1v) is 6.50. The minimum atomic E-state index is -0.0841. The zero-order valence-corrected chi connectivity index (χ0v) is 11.7. The molecule has 5 nitrogen and oxygen atoms in total. The van der Waals surface area contributed by atoms with Crippen LogP contribution in [0.2, 0.25) is 0 Å². The zero-order chi connectivity index (χ0) is 13.7. The van der Waals surface area contributed by atoms with Crippen LogP contribution in [0.3, 0.4) is 0 Å². The van der Waals surface area contributed by atoms with Gasteiger partial charge in [0.2, 0.25) is 0 Å². The van der Waals surface area contributed by atoms with Gasteiger partial charge in [0.25, 0.3) is 5.91 Å². The van der Waals surface area contributed by atoms with Gasteiger partial charge in [-0.15, -0.1) is 0 Å². The van der Waals surface area contributed by atoms with Crippen LogP contribution in [0.1, 0.15) is 43.2 Å². The highest BCUT2D eigenvalue weighted by Gasteiger charge is 2.15. The minimum absolute atomic E-state index is 0.00991.